The van der Waals surface area contributed by atoms with Gasteiger partial charge in [0.2, 0.25) is 0 Å². The van der Waals surface area contributed by atoms with Crippen LogP contribution in [-0.4, -0.2) is 24.8 Å². The van der Waals surface area contributed by atoms with Crippen LogP contribution in [0.15, 0.2) is 18.2 Å². The highest BCUT2D eigenvalue weighted by Gasteiger charge is 2.16. The Labute approximate surface area is 101 Å². The Bertz CT molecular complexity index is 378. The zero-order chi connectivity index (χ0) is 12.3. The molecule has 0 radical (unpaired) electrons. The van der Waals surface area contributed by atoms with E-state index in [2.05, 4.69) is 4.90 Å². The molecule has 1 aromatic carbocycles. The summed E-state index contributed by atoms with van der Waals surface area (Å²) in [5.41, 5.74) is 6.96. The molecule has 1 aromatic rings. The first kappa shape index (κ1) is 12.3. The number of hydrogen-bond acceptors (Lipinski definition) is 3. The van der Waals surface area contributed by atoms with Crippen molar-refractivity contribution in [3.8, 4) is 0 Å². The summed E-state index contributed by atoms with van der Waals surface area (Å²) in [6.07, 6.45) is 3.47. The normalized spacial score (nSPS) is 18.2. The van der Waals surface area contributed by atoms with Gasteiger partial charge in [0.25, 0.3) is 0 Å². The highest BCUT2D eigenvalue weighted by molar-refractivity contribution is 5.49. The van der Waals surface area contributed by atoms with Crippen LogP contribution in [0, 0.1) is 5.82 Å². The van der Waals surface area contributed by atoms with Gasteiger partial charge in [-0.15, -0.1) is 0 Å². The molecule has 1 aliphatic rings. The van der Waals surface area contributed by atoms with Gasteiger partial charge < -0.3 is 15.7 Å². The quantitative estimate of drug-likeness (QED) is 0.844. The molecule has 2 rings (SSSR count). The van der Waals surface area contributed by atoms with Crippen molar-refractivity contribution >= 4 is 5.69 Å². The van der Waals surface area contributed by atoms with Crippen molar-refractivity contribution in [1.29, 1.82) is 0 Å². The SMILES string of the molecule is N[C@@H](CO)c1ccc(N2CCCCC2)c(F)c1. The predicted molar refractivity (Wildman–Crippen MR) is 66.5 cm³/mol. The number of hydrogen-bond donors (Lipinski definition) is 2. The highest BCUT2D eigenvalue weighted by Crippen LogP contribution is 2.25. The molecule has 3 nitrogen and oxygen atoms in total. The molecule has 0 bridgehead atoms. The number of halogens is 1. The first-order valence-corrected chi connectivity index (χ1v) is 6.13. The summed E-state index contributed by atoms with van der Waals surface area (Å²) in [5.74, 6) is -0.242. The van der Waals surface area contributed by atoms with Crippen LogP contribution >= 0.6 is 0 Å². The number of nitrogens with two attached hydrogens (primary N) is 1. The second-order valence-electron chi connectivity index (χ2n) is 4.55. The van der Waals surface area contributed by atoms with Gasteiger partial charge in [-0.2, -0.15) is 0 Å². The lowest BCUT2D eigenvalue weighted by Gasteiger charge is -2.29. The van der Waals surface area contributed by atoms with Crippen LogP contribution < -0.4 is 10.6 Å². The Morgan fingerprint density at radius 1 is 1.29 bits per heavy atom. The van der Waals surface area contributed by atoms with Crippen LogP contribution in [0.4, 0.5) is 10.1 Å². The monoisotopic (exact) mass is 238 g/mol. The van der Waals surface area contributed by atoms with E-state index in [1.165, 1.54) is 12.5 Å². The fraction of sp³-hybridized carbons (Fsp3) is 0.538. The topological polar surface area (TPSA) is 49.5 Å². The Hall–Kier alpha value is -1.13. The molecule has 1 aliphatic heterocycles. The summed E-state index contributed by atoms with van der Waals surface area (Å²) in [5, 5.41) is 8.94. The number of rotatable bonds is 3. The number of aliphatic hydroxyl groups is 1. The molecule has 0 spiro atoms. The van der Waals surface area contributed by atoms with E-state index in [-0.39, 0.29) is 12.4 Å². The molecule has 1 atom stereocenters. The molecular weight excluding hydrogens is 219 g/mol. The van der Waals surface area contributed by atoms with Crippen molar-refractivity contribution in [2.45, 2.75) is 25.3 Å². The number of piperidine rings is 1. The standard InChI is InChI=1S/C13H19FN2O/c14-11-8-10(12(15)9-17)4-5-13(11)16-6-2-1-3-7-16/h4-5,8,12,17H,1-3,6-7,9,15H2/t12-/m0/s1. The Kier molecular flexibility index (Phi) is 3.97. The van der Waals surface area contributed by atoms with Gasteiger partial charge in [0.1, 0.15) is 5.82 Å². The predicted octanol–water partition coefficient (Wildman–Crippen LogP) is 1.81. The zero-order valence-electron chi connectivity index (χ0n) is 9.90. The van der Waals surface area contributed by atoms with Gasteiger partial charge in [-0.05, 0) is 37.0 Å². The maximum absolute atomic E-state index is 14.0. The molecule has 0 aromatic heterocycles. The van der Waals surface area contributed by atoms with Crippen LogP contribution in [0.25, 0.3) is 0 Å². The first-order chi connectivity index (χ1) is 8.22. The number of nitrogens with zero attached hydrogens (tertiary/aromatic N) is 1. The molecule has 1 fully saturated rings. The van der Waals surface area contributed by atoms with Crippen LogP contribution in [0.5, 0.6) is 0 Å². The molecule has 17 heavy (non-hydrogen) atoms. The molecular formula is C13H19FN2O. The van der Waals surface area contributed by atoms with Crippen LogP contribution in [0.1, 0.15) is 30.9 Å². The number of aliphatic hydroxyl groups excluding tert-OH is 1. The fourth-order valence-electron chi connectivity index (χ4n) is 2.25. The van der Waals surface area contributed by atoms with Crippen molar-refractivity contribution in [2.75, 3.05) is 24.6 Å². The molecule has 94 valence electrons. The average molecular weight is 238 g/mol. The van der Waals surface area contributed by atoms with Crippen molar-refractivity contribution in [3.05, 3.63) is 29.6 Å². The van der Waals surface area contributed by atoms with E-state index in [1.807, 2.05) is 0 Å². The van der Waals surface area contributed by atoms with E-state index in [0.717, 1.165) is 25.9 Å². The molecule has 0 amide bonds. The van der Waals surface area contributed by atoms with Gasteiger partial charge in [-0.1, -0.05) is 6.07 Å². The molecule has 0 saturated carbocycles. The third-order valence-corrected chi connectivity index (χ3v) is 3.29. The maximum Gasteiger partial charge on any atom is 0.146 e. The minimum atomic E-state index is -0.500. The lowest BCUT2D eigenvalue weighted by Crippen LogP contribution is -2.30. The van der Waals surface area contributed by atoms with Crippen LogP contribution in [0.3, 0.4) is 0 Å². The van der Waals surface area contributed by atoms with Gasteiger partial charge in [-0.3, -0.25) is 0 Å². The first-order valence-electron chi connectivity index (χ1n) is 6.13. The summed E-state index contributed by atoms with van der Waals surface area (Å²) in [4.78, 5) is 2.08. The summed E-state index contributed by atoms with van der Waals surface area (Å²) in [6.45, 7) is 1.67. The highest BCUT2D eigenvalue weighted by atomic mass is 19.1. The van der Waals surface area contributed by atoms with Crippen LogP contribution in [-0.2, 0) is 0 Å². The lowest BCUT2D eigenvalue weighted by molar-refractivity contribution is 0.268. The molecule has 1 heterocycles. The van der Waals surface area contributed by atoms with Gasteiger partial charge in [0.05, 0.1) is 18.3 Å². The molecule has 4 heteroatoms. The molecule has 0 unspecified atom stereocenters. The lowest BCUT2D eigenvalue weighted by atomic mass is 10.1. The number of benzene rings is 1. The second kappa shape index (κ2) is 5.47. The zero-order valence-corrected chi connectivity index (χ0v) is 9.90. The Balaban J connectivity index is 2.18. The number of anilines is 1. The minimum Gasteiger partial charge on any atom is -0.394 e. The summed E-state index contributed by atoms with van der Waals surface area (Å²) in [6, 6.07) is 4.50. The Morgan fingerprint density at radius 2 is 2.00 bits per heavy atom. The van der Waals surface area contributed by atoms with E-state index in [0.29, 0.717) is 11.3 Å². The van der Waals surface area contributed by atoms with E-state index in [9.17, 15) is 4.39 Å². The third-order valence-electron chi connectivity index (χ3n) is 3.29. The van der Waals surface area contributed by atoms with E-state index >= 15 is 0 Å². The summed E-state index contributed by atoms with van der Waals surface area (Å²) < 4.78 is 14.0. The van der Waals surface area contributed by atoms with Crippen molar-refractivity contribution < 1.29 is 9.50 Å². The van der Waals surface area contributed by atoms with Gasteiger partial charge >= 0.3 is 0 Å². The molecule has 0 aliphatic carbocycles. The van der Waals surface area contributed by atoms with Gasteiger partial charge in [-0.25, -0.2) is 4.39 Å². The van der Waals surface area contributed by atoms with Gasteiger partial charge in [0.15, 0.2) is 0 Å². The van der Waals surface area contributed by atoms with Crippen molar-refractivity contribution in [3.63, 3.8) is 0 Å². The van der Waals surface area contributed by atoms with E-state index in [4.69, 9.17) is 10.8 Å². The van der Waals surface area contributed by atoms with E-state index in [1.54, 1.807) is 12.1 Å². The minimum absolute atomic E-state index is 0.164. The van der Waals surface area contributed by atoms with E-state index < -0.39 is 6.04 Å². The molecule has 3 N–H and O–H groups in total. The average Bonchev–Trinajstić information content (AvgIpc) is 2.38. The third kappa shape index (κ3) is 2.76. The fourth-order valence-corrected chi connectivity index (χ4v) is 2.25. The largest absolute Gasteiger partial charge is 0.394 e. The van der Waals surface area contributed by atoms with Gasteiger partial charge in [0, 0.05) is 13.1 Å². The second-order valence-corrected chi connectivity index (χ2v) is 4.55. The van der Waals surface area contributed by atoms with Crippen molar-refractivity contribution in [1.82, 2.24) is 0 Å². The molecule has 1 saturated heterocycles. The van der Waals surface area contributed by atoms with Crippen molar-refractivity contribution in [2.24, 2.45) is 5.73 Å². The Morgan fingerprint density at radius 3 is 2.59 bits per heavy atom. The summed E-state index contributed by atoms with van der Waals surface area (Å²) >= 11 is 0. The van der Waals surface area contributed by atoms with Crippen LogP contribution in [0.2, 0.25) is 0 Å². The summed E-state index contributed by atoms with van der Waals surface area (Å²) in [7, 11) is 0. The smallest absolute Gasteiger partial charge is 0.146 e. The maximum atomic E-state index is 14.0.